The highest BCUT2D eigenvalue weighted by Crippen LogP contribution is 2.24. The van der Waals surface area contributed by atoms with Crippen molar-refractivity contribution >= 4 is 23.3 Å². The molecule has 0 aliphatic carbocycles. The third-order valence-electron chi connectivity index (χ3n) is 3.92. The molecule has 1 saturated heterocycles. The number of carboxylic acids is 1. The van der Waals surface area contributed by atoms with Gasteiger partial charge in [-0.25, -0.2) is 4.79 Å². The molecule has 1 aromatic heterocycles. The fraction of sp³-hybridized carbons (Fsp3) is 0.571. The van der Waals surface area contributed by atoms with Crippen LogP contribution in [0.2, 0.25) is 0 Å². The number of amides is 2. The van der Waals surface area contributed by atoms with Crippen molar-refractivity contribution in [3.05, 3.63) is 21.4 Å². The molecule has 2 rings (SSSR count). The molecule has 2 heterocycles. The van der Waals surface area contributed by atoms with Gasteiger partial charge in [-0.3, -0.25) is 4.79 Å². The van der Waals surface area contributed by atoms with E-state index in [9.17, 15) is 9.59 Å². The van der Waals surface area contributed by atoms with Crippen LogP contribution in [0.4, 0.5) is 4.79 Å². The number of likely N-dealkylation sites (tertiary alicyclic amines) is 1. The second-order valence-electron chi connectivity index (χ2n) is 5.40. The van der Waals surface area contributed by atoms with Gasteiger partial charge in [-0.05, 0) is 25.5 Å². The summed E-state index contributed by atoms with van der Waals surface area (Å²) in [5, 5.41) is 11.8. The highest BCUT2D eigenvalue weighted by molar-refractivity contribution is 7.12. The van der Waals surface area contributed by atoms with Gasteiger partial charge >= 0.3 is 12.0 Å². The maximum Gasteiger partial charge on any atom is 0.317 e. The number of urea groups is 1. The lowest BCUT2D eigenvalue weighted by atomic mass is 9.87. The number of carbonyl (C=O) groups excluding carboxylic acids is 1. The molecule has 1 unspecified atom stereocenters. The van der Waals surface area contributed by atoms with Gasteiger partial charge in [0.15, 0.2) is 0 Å². The maximum absolute atomic E-state index is 11.9. The highest BCUT2D eigenvalue weighted by atomic mass is 32.1. The second kappa shape index (κ2) is 5.83. The third kappa shape index (κ3) is 3.12. The predicted octanol–water partition coefficient (Wildman–Crippen LogP) is 2.23. The summed E-state index contributed by atoms with van der Waals surface area (Å²) in [7, 11) is 0. The van der Waals surface area contributed by atoms with E-state index in [2.05, 4.69) is 25.2 Å². The van der Waals surface area contributed by atoms with E-state index < -0.39 is 5.97 Å². The molecule has 1 fully saturated rings. The number of nitrogens with one attached hydrogen (secondary N) is 1. The lowest BCUT2D eigenvalue weighted by Gasteiger charge is -2.41. The Balaban J connectivity index is 1.76. The molecule has 20 heavy (non-hydrogen) atoms. The normalized spacial score (nSPS) is 16.6. The summed E-state index contributed by atoms with van der Waals surface area (Å²) in [5.74, 6) is -1.11. The monoisotopic (exact) mass is 296 g/mol. The molecule has 110 valence electrons. The third-order valence-corrected chi connectivity index (χ3v) is 5.08. The summed E-state index contributed by atoms with van der Waals surface area (Å²) >= 11 is 1.69. The van der Waals surface area contributed by atoms with Gasteiger partial charge in [0.2, 0.25) is 0 Å². The predicted molar refractivity (Wildman–Crippen MR) is 77.9 cm³/mol. The summed E-state index contributed by atoms with van der Waals surface area (Å²) in [4.78, 5) is 26.8. The Morgan fingerprint density at radius 1 is 1.50 bits per heavy atom. The lowest BCUT2D eigenvalue weighted by Crippen LogP contribution is -2.56. The van der Waals surface area contributed by atoms with Gasteiger partial charge in [0.1, 0.15) is 0 Å². The maximum atomic E-state index is 11.9. The summed E-state index contributed by atoms with van der Waals surface area (Å²) in [6, 6.07) is 1.98. The minimum Gasteiger partial charge on any atom is -0.481 e. The number of nitrogens with zero attached hydrogens (tertiary/aromatic N) is 1. The van der Waals surface area contributed by atoms with Crippen LogP contribution in [0.1, 0.15) is 22.2 Å². The molecule has 0 aromatic carbocycles. The van der Waals surface area contributed by atoms with Crippen LogP contribution in [0.25, 0.3) is 0 Å². The van der Waals surface area contributed by atoms with E-state index in [4.69, 9.17) is 5.11 Å². The van der Waals surface area contributed by atoms with Gasteiger partial charge < -0.3 is 15.3 Å². The number of carboxylic acid groups (broad SMARTS) is 1. The van der Waals surface area contributed by atoms with Crippen LogP contribution in [0.3, 0.4) is 0 Å². The van der Waals surface area contributed by atoms with Crippen LogP contribution in [-0.2, 0) is 11.3 Å². The zero-order valence-electron chi connectivity index (χ0n) is 12.0. The Bertz CT molecular complexity index is 501. The Morgan fingerprint density at radius 3 is 2.65 bits per heavy atom. The fourth-order valence-electron chi connectivity index (χ4n) is 2.21. The first-order chi connectivity index (χ1) is 9.38. The molecule has 0 radical (unpaired) electrons. The van der Waals surface area contributed by atoms with Gasteiger partial charge in [-0.1, -0.05) is 6.92 Å². The minimum absolute atomic E-state index is 0.0736. The van der Waals surface area contributed by atoms with Crippen LogP contribution in [0.5, 0.6) is 0 Å². The molecule has 1 aliphatic heterocycles. The van der Waals surface area contributed by atoms with Crippen LogP contribution >= 0.6 is 11.3 Å². The van der Waals surface area contributed by atoms with Gasteiger partial charge in [0.25, 0.3) is 0 Å². The van der Waals surface area contributed by atoms with E-state index in [1.54, 1.807) is 23.2 Å². The summed E-state index contributed by atoms with van der Waals surface area (Å²) in [5.41, 5.74) is 1.25. The average Bonchev–Trinajstić information content (AvgIpc) is 2.64. The zero-order chi connectivity index (χ0) is 14.9. The van der Waals surface area contributed by atoms with Crippen LogP contribution < -0.4 is 5.32 Å². The molecule has 0 bridgehead atoms. The average molecular weight is 296 g/mol. The Morgan fingerprint density at radius 2 is 2.15 bits per heavy atom. The SMILES string of the molecule is Cc1cc(CNC(=O)N2CC(C(C)C(=O)O)C2)sc1C. The molecular weight excluding hydrogens is 276 g/mol. The van der Waals surface area contributed by atoms with E-state index in [1.165, 1.54) is 10.4 Å². The van der Waals surface area contributed by atoms with E-state index in [1.807, 2.05) is 0 Å². The first-order valence-corrected chi connectivity index (χ1v) is 7.51. The smallest absolute Gasteiger partial charge is 0.317 e. The number of carbonyl (C=O) groups is 2. The van der Waals surface area contributed by atoms with Crippen LogP contribution in [0, 0.1) is 25.7 Å². The molecule has 1 aromatic rings. The van der Waals surface area contributed by atoms with Gasteiger partial charge in [-0.15, -0.1) is 11.3 Å². The Kier molecular flexibility index (Phi) is 4.32. The van der Waals surface area contributed by atoms with E-state index in [-0.39, 0.29) is 17.9 Å². The molecule has 1 aliphatic rings. The van der Waals surface area contributed by atoms with Crippen molar-refractivity contribution in [2.75, 3.05) is 13.1 Å². The fourth-order valence-corrected chi connectivity index (χ4v) is 3.20. The van der Waals surface area contributed by atoms with Crippen LogP contribution in [-0.4, -0.2) is 35.1 Å². The number of thiophene rings is 1. The van der Waals surface area contributed by atoms with Gasteiger partial charge in [-0.2, -0.15) is 0 Å². The lowest BCUT2D eigenvalue weighted by molar-refractivity contribution is -0.144. The highest BCUT2D eigenvalue weighted by Gasteiger charge is 2.37. The molecule has 2 N–H and O–H groups in total. The Labute approximate surface area is 122 Å². The first-order valence-electron chi connectivity index (χ1n) is 6.70. The molecule has 0 spiro atoms. The van der Waals surface area contributed by atoms with Crippen molar-refractivity contribution < 1.29 is 14.7 Å². The minimum atomic E-state index is -0.792. The number of rotatable bonds is 4. The van der Waals surface area contributed by atoms with Gasteiger partial charge in [0.05, 0.1) is 12.5 Å². The van der Waals surface area contributed by atoms with Crippen molar-refractivity contribution in [2.45, 2.75) is 27.3 Å². The number of aliphatic carboxylic acids is 1. The largest absolute Gasteiger partial charge is 0.481 e. The molecular formula is C14H20N2O3S. The van der Waals surface area contributed by atoms with Gasteiger partial charge in [0, 0.05) is 28.8 Å². The number of aryl methyl sites for hydroxylation is 2. The molecule has 1 atom stereocenters. The molecule has 6 heteroatoms. The molecule has 2 amide bonds. The standard InChI is InChI=1S/C14H20N2O3S/c1-8-4-12(20-10(8)3)5-15-14(19)16-6-11(7-16)9(2)13(17)18/h4,9,11H,5-7H2,1-3H3,(H,15,19)(H,17,18). The van der Waals surface area contributed by atoms with Crippen molar-refractivity contribution in [1.29, 1.82) is 0 Å². The quantitative estimate of drug-likeness (QED) is 0.895. The van der Waals surface area contributed by atoms with E-state index in [0.29, 0.717) is 19.6 Å². The van der Waals surface area contributed by atoms with Crippen LogP contribution in [0.15, 0.2) is 6.07 Å². The number of hydrogen-bond acceptors (Lipinski definition) is 3. The Hall–Kier alpha value is -1.56. The van der Waals surface area contributed by atoms with E-state index >= 15 is 0 Å². The van der Waals surface area contributed by atoms with E-state index in [0.717, 1.165) is 4.88 Å². The second-order valence-corrected chi connectivity index (χ2v) is 6.74. The van der Waals surface area contributed by atoms with Crippen molar-refractivity contribution in [1.82, 2.24) is 10.2 Å². The van der Waals surface area contributed by atoms with Crippen molar-refractivity contribution in [3.63, 3.8) is 0 Å². The molecule has 0 saturated carbocycles. The summed E-state index contributed by atoms with van der Waals surface area (Å²) in [6.07, 6.45) is 0. The van der Waals surface area contributed by atoms with Crippen molar-refractivity contribution in [2.24, 2.45) is 11.8 Å². The number of hydrogen-bond donors (Lipinski definition) is 2. The molecule has 5 nitrogen and oxygen atoms in total. The zero-order valence-corrected chi connectivity index (χ0v) is 12.8. The van der Waals surface area contributed by atoms with Crippen molar-refractivity contribution in [3.8, 4) is 0 Å². The topological polar surface area (TPSA) is 69.6 Å². The first kappa shape index (κ1) is 14.8. The summed E-state index contributed by atoms with van der Waals surface area (Å²) < 4.78 is 0. The summed E-state index contributed by atoms with van der Waals surface area (Å²) in [6.45, 7) is 7.42.